The Balaban J connectivity index is 0.874. The molecule has 3 heteroatoms. The van der Waals surface area contributed by atoms with Crippen LogP contribution in [0.3, 0.4) is 0 Å². The van der Waals surface area contributed by atoms with Crippen LogP contribution in [-0.2, 0) is 10.8 Å². The summed E-state index contributed by atoms with van der Waals surface area (Å²) in [7, 11) is 0. The maximum atomic E-state index is 6.75. The number of fused-ring (bicyclic) bond motifs is 18. The molecule has 0 bridgehead atoms. The van der Waals surface area contributed by atoms with E-state index in [1.54, 1.807) is 0 Å². The van der Waals surface area contributed by atoms with Crippen molar-refractivity contribution in [2.24, 2.45) is 0 Å². The molecule has 13 aromatic carbocycles. The summed E-state index contributed by atoms with van der Waals surface area (Å²) in [5.41, 5.74) is 25.8. The lowest BCUT2D eigenvalue weighted by Gasteiger charge is -2.39. The average Bonchev–Trinajstić information content (AvgIpc) is 1.73. The van der Waals surface area contributed by atoms with Gasteiger partial charge in [0, 0.05) is 39.2 Å². The first kappa shape index (κ1) is 47.1. The number of anilines is 3. The van der Waals surface area contributed by atoms with E-state index < -0.39 is 10.8 Å². The molecule has 2 spiro atoms. The third-order valence-electron chi connectivity index (χ3n) is 18.0. The smallest absolute Gasteiger partial charge is 0.132 e. The fourth-order valence-electron chi connectivity index (χ4n) is 14.7. The van der Waals surface area contributed by atoms with Crippen LogP contribution in [0.4, 0.5) is 17.1 Å². The topological polar surface area (TPSA) is 21.7 Å². The van der Waals surface area contributed by atoms with Gasteiger partial charge in [-0.15, -0.1) is 0 Å². The van der Waals surface area contributed by atoms with Crippen LogP contribution in [0.15, 0.2) is 309 Å². The standard InChI is InChI=1S/C80H51NO2/c1-2-22-52(23-3-1)54-24-18-25-55(50-54)53-46-48-57(49-47-53)81(58-27-19-26-56(51-58)59-31-20-39-70-77(59)62-29-4-7-33-64(62)79(70)66-35-9-14-42-73(66)82-74-43-15-10-36-67(74)79)72-41-13-6-28-60(72)61-32-21-40-71-78(61)63-30-5-8-34-65(63)80(71)68-37-11-16-44-75(68)83-76-45-17-12-38-69(76)80/h1-51H. The van der Waals surface area contributed by atoms with Crippen LogP contribution in [0, 0.1) is 0 Å². The minimum atomic E-state index is -0.605. The summed E-state index contributed by atoms with van der Waals surface area (Å²) in [6.45, 7) is 0. The predicted octanol–water partition coefficient (Wildman–Crippen LogP) is 20.8. The van der Waals surface area contributed by atoms with Gasteiger partial charge in [-0.3, -0.25) is 0 Å². The molecule has 0 radical (unpaired) electrons. The monoisotopic (exact) mass is 1060 g/mol. The summed E-state index contributed by atoms with van der Waals surface area (Å²) in [6, 6.07) is 113. The number of ether oxygens (including phenoxy) is 2. The molecule has 2 aliphatic heterocycles. The Hall–Kier alpha value is -10.7. The molecule has 13 aromatic rings. The molecule has 0 saturated heterocycles. The van der Waals surface area contributed by atoms with Crippen molar-refractivity contribution >= 4 is 17.1 Å². The van der Waals surface area contributed by atoms with Gasteiger partial charge in [-0.25, -0.2) is 0 Å². The van der Waals surface area contributed by atoms with Gasteiger partial charge in [0.25, 0.3) is 0 Å². The quantitative estimate of drug-likeness (QED) is 0.159. The van der Waals surface area contributed by atoms with Crippen molar-refractivity contribution in [1.29, 1.82) is 0 Å². The first-order valence-electron chi connectivity index (χ1n) is 28.6. The van der Waals surface area contributed by atoms with E-state index in [9.17, 15) is 0 Å². The molecule has 3 nitrogen and oxygen atoms in total. The lowest BCUT2D eigenvalue weighted by Crippen LogP contribution is -2.32. The van der Waals surface area contributed by atoms with Gasteiger partial charge in [-0.1, -0.05) is 249 Å². The first-order chi connectivity index (χ1) is 41.2. The average molecular weight is 1060 g/mol. The predicted molar refractivity (Wildman–Crippen MR) is 338 cm³/mol. The van der Waals surface area contributed by atoms with Crippen molar-refractivity contribution < 1.29 is 9.47 Å². The number of rotatable bonds is 7. The van der Waals surface area contributed by atoms with Gasteiger partial charge in [0.15, 0.2) is 0 Å². The SMILES string of the molecule is c1ccc(-c2cccc(-c3ccc(N(c4cccc(-c5cccc6c5-c5ccccc5C65c6ccccc6Oc6ccccc65)c4)c4ccccc4-c4cccc5c4-c4ccccc4C54c5ccccc5Oc5ccccc54)cc3)c2)cc1. The van der Waals surface area contributed by atoms with Crippen molar-refractivity contribution in [3.63, 3.8) is 0 Å². The minimum Gasteiger partial charge on any atom is -0.457 e. The number of para-hydroxylation sites is 5. The van der Waals surface area contributed by atoms with E-state index in [0.29, 0.717) is 0 Å². The van der Waals surface area contributed by atoms with Crippen LogP contribution in [0.2, 0.25) is 0 Å². The molecule has 83 heavy (non-hydrogen) atoms. The van der Waals surface area contributed by atoms with Crippen molar-refractivity contribution in [1.82, 2.24) is 0 Å². The molecule has 2 heterocycles. The lowest BCUT2D eigenvalue weighted by atomic mass is 9.66. The van der Waals surface area contributed by atoms with Gasteiger partial charge >= 0.3 is 0 Å². The Morgan fingerprint density at radius 3 is 1.14 bits per heavy atom. The van der Waals surface area contributed by atoms with Crippen molar-refractivity contribution in [3.8, 4) is 89.8 Å². The molecule has 2 aliphatic carbocycles. The van der Waals surface area contributed by atoms with Gasteiger partial charge in [-0.2, -0.15) is 0 Å². The van der Waals surface area contributed by atoms with E-state index in [-0.39, 0.29) is 0 Å². The van der Waals surface area contributed by atoms with Gasteiger partial charge < -0.3 is 14.4 Å². The van der Waals surface area contributed by atoms with Gasteiger partial charge in [0.2, 0.25) is 0 Å². The molecule has 0 amide bonds. The molecular formula is C80H51NO2. The molecule has 0 saturated carbocycles. The Morgan fingerprint density at radius 1 is 0.217 bits per heavy atom. The molecule has 0 N–H and O–H groups in total. The largest absolute Gasteiger partial charge is 0.457 e. The zero-order valence-corrected chi connectivity index (χ0v) is 45.2. The highest BCUT2D eigenvalue weighted by molar-refractivity contribution is 6.02. The maximum Gasteiger partial charge on any atom is 0.132 e. The van der Waals surface area contributed by atoms with E-state index in [1.807, 2.05) is 0 Å². The summed E-state index contributed by atoms with van der Waals surface area (Å²) in [6.07, 6.45) is 0. The van der Waals surface area contributed by atoms with Crippen LogP contribution in [0.1, 0.15) is 44.5 Å². The van der Waals surface area contributed by atoms with Crippen molar-refractivity contribution in [2.45, 2.75) is 10.8 Å². The highest BCUT2D eigenvalue weighted by atomic mass is 16.5. The zero-order valence-electron chi connectivity index (χ0n) is 45.2. The molecule has 0 fully saturated rings. The second-order valence-electron chi connectivity index (χ2n) is 22.1. The number of hydrogen-bond donors (Lipinski definition) is 0. The molecule has 388 valence electrons. The van der Waals surface area contributed by atoms with E-state index >= 15 is 0 Å². The highest BCUT2D eigenvalue weighted by Gasteiger charge is 2.53. The molecule has 4 aliphatic rings. The summed E-state index contributed by atoms with van der Waals surface area (Å²) in [4.78, 5) is 2.47. The number of hydrogen-bond acceptors (Lipinski definition) is 3. The Bertz CT molecular complexity index is 4670. The normalized spacial score (nSPS) is 13.7. The fraction of sp³-hybridized carbons (Fsp3) is 0.0250. The second-order valence-corrected chi connectivity index (χ2v) is 22.1. The summed E-state index contributed by atoms with van der Waals surface area (Å²) in [5.74, 6) is 3.53. The molecular weight excluding hydrogens is 1010 g/mol. The number of benzene rings is 13. The van der Waals surface area contributed by atoms with Crippen LogP contribution in [0.5, 0.6) is 23.0 Å². The van der Waals surface area contributed by atoms with Crippen molar-refractivity contribution in [3.05, 3.63) is 354 Å². The van der Waals surface area contributed by atoms with Gasteiger partial charge in [0.05, 0.1) is 16.5 Å². The zero-order chi connectivity index (χ0) is 54.6. The van der Waals surface area contributed by atoms with Crippen LogP contribution < -0.4 is 14.4 Å². The lowest BCUT2D eigenvalue weighted by molar-refractivity contribution is 0.436. The Morgan fingerprint density at radius 2 is 0.590 bits per heavy atom. The van der Waals surface area contributed by atoms with Crippen molar-refractivity contribution in [2.75, 3.05) is 4.90 Å². The summed E-state index contributed by atoms with van der Waals surface area (Å²) in [5, 5.41) is 0. The van der Waals surface area contributed by atoms with E-state index in [2.05, 4.69) is 314 Å². The Kier molecular flexibility index (Phi) is 10.4. The van der Waals surface area contributed by atoms with E-state index in [1.165, 1.54) is 72.3 Å². The highest BCUT2D eigenvalue weighted by Crippen LogP contribution is 2.66. The second kappa shape index (κ2) is 18.4. The van der Waals surface area contributed by atoms with Gasteiger partial charge in [-0.05, 0) is 144 Å². The molecule has 0 aromatic heterocycles. The van der Waals surface area contributed by atoms with E-state index in [0.717, 1.165) is 79.0 Å². The third kappa shape index (κ3) is 6.80. The minimum absolute atomic E-state index is 0.583. The van der Waals surface area contributed by atoms with E-state index in [4.69, 9.17) is 9.47 Å². The Labute approximate surface area is 483 Å². The van der Waals surface area contributed by atoms with Crippen LogP contribution in [0.25, 0.3) is 66.8 Å². The fourth-order valence-corrected chi connectivity index (χ4v) is 14.7. The molecule has 17 rings (SSSR count). The van der Waals surface area contributed by atoms with Gasteiger partial charge in [0.1, 0.15) is 23.0 Å². The first-order valence-corrected chi connectivity index (χ1v) is 28.6. The van der Waals surface area contributed by atoms with Crippen LogP contribution in [-0.4, -0.2) is 0 Å². The maximum absolute atomic E-state index is 6.75. The summed E-state index contributed by atoms with van der Waals surface area (Å²) >= 11 is 0. The molecule has 0 atom stereocenters. The summed E-state index contributed by atoms with van der Waals surface area (Å²) < 4.78 is 13.5. The van der Waals surface area contributed by atoms with Crippen LogP contribution >= 0.6 is 0 Å². The number of nitrogens with zero attached hydrogens (tertiary/aromatic N) is 1. The molecule has 0 unspecified atom stereocenters. The third-order valence-corrected chi connectivity index (χ3v) is 18.0.